The summed E-state index contributed by atoms with van der Waals surface area (Å²) in [6.45, 7) is 3.96. The van der Waals surface area contributed by atoms with Crippen LogP contribution < -0.4 is 4.74 Å². The first-order valence-electron chi connectivity index (χ1n) is 8.01. The van der Waals surface area contributed by atoms with Crippen LogP contribution in [0.5, 0.6) is 5.88 Å². The lowest BCUT2D eigenvalue weighted by Gasteiger charge is -2.41. The first-order chi connectivity index (χ1) is 11.2. The lowest BCUT2D eigenvalue weighted by atomic mass is 9.77. The summed E-state index contributed by atoms with van der Waals surface area (Å²) in [6.07, 6.45) is -0.809. The Labute approximate surface area is 137 Å². The molecule has 1 saturated carbocycles. The molecule has 1 N–H and O–H groups in total. The molecule has 0 saturated heterocycles. The summed E-state index contributed by atoms with van der Waals surface area (Å²) in [4.78, 5) is 7.78. The minimum Gasteiger partial charge on any atom is -0.478 e. The lowest BCUT2D eigenvalue weighted by Crippen LogP contribution is -2.41. The normalized spacial score (nSPS) is 24.2. The number of pyridine rings is 1. The van der Waals surface area contributed by atoms with E-state index in [4.69, 9.17) is 4.74 Å². The molecule has 5 nitrogen and oxygen atoms in total. The Bertz CT molecular complexity index is 732. The van der Waals surface area contributed by atoms with Crippen molar-refractivity contribution in [3.63, 3.8) is 0 Å². The fourth-order valence-corrected chi connectivity index (χ4v) is 3.06. The highest BCUT2D eigenvalue weighted by molar-refractivity contribution is 5.79. The quantitative estimate of drug-likeness (QED) is 0.841. The molecule has 2 aromatic heterocycles. The molecule has 0 radical (unpaired) electrons. The van der Waals surface area contributed by atoms with E-state index in [1.165, 1.54) is 17.0 Å². The van der Waals surface area contributed by atoms with E-state index >= 15 is 0 Å². The Morgan fingerprint density at radius 3 is 2.71 bits per heavy atom. The van der Waals surface area contributed by atoms with Gasteiger partial charge >= 0.3 is 6.18 Å². The van der Waals surface area contributed by atoms with Gasteiger partial charge in [-0.25, -0.2) is 9.97 Å². The molecule has 0 spiro atoms. The number of ether oxygens (including phenoxy) is 1. The monoisotopic (exact) mass is 343 g/mol. The zero-order chi connectivity index (χ0) is 17.5. The van der Waals surface area contributed by atoms with Crippen LogP contribution in [-0.2, 0) is 6.18 Å². The molecule has 0 aromatic carbocycles. The molecule has 2 aromatic rings. The second-order valence-electron chi connectivity index (χ2n) is 6.59. The van der Waals surface area contributed by atoms with Gasteiger partial charge in [-0.1, -0.05) is 13.3 Å². The Hall–Kier alpha value is -1.83. The van der Waals surface area contributed by atoms with E-state index in [0.29, 0.717) is 19.4 Å². The van der Waals surface area contributed by atoms with Crippen LogP contribution >= 0.6 is 0 Å². The molecule has 0 aliphatic heterocycles. The minimum absolute atomic E-state index is 0.0501. The summed E-state index contributed by atoms with van der Waals surface area (Å²) in [5, 5.41) is 9.86. The maximum Gasteiger partial charge on any atom is 0.435 e. The van der Waals surface area contributed by atoms with Crippen LogP contribution in [0.15, 0.2) is 12.4 Å². The van der Waals surface area contributed by atoms with Gasteiger partial charge in [-0.3, -0.25) is 0 Å². The number of nitrogens with zero attached hydrogens (tertiary/aromatic N) is 3. The van der Waals surface area contributed by atoms with Crippen LogP contribution in [0.25, 0.3) is 11.0 Å². The van der Waals surface area contributed by atoms with E-state index in [-0.39, 0.29) is 23.0 Å². The van der Waals surface area contributed by atoms with Gasteiger partial charge < -0.3 is 14.4 Å². The molecule has 0 bridgehead atoms. The first kappa shape index (κ1) is 17.0. The van der Waals surface area contributed by atoms with E-state index in [0.717, 1.165) is 12.8 Å². The zero-order valence-corrected chi connectivity index (χ0v) is 13.6. The average molecular weight is 343 g/mol. The Morgan fingerprint density at radius 2 is 2.12 bits per heavy atom. The summed E-state index contributed by atoms with van der Waals surface area (Å²) in [6, 6.07) is 1.23. The van der Waals surface area contributed by atoms with Crippen LogP contribution in [0.2, 0.25) is 0 Å². The van der Waals surface area contributed by atoms with Crippen molar-refractivity contribution in [1.29, 1.82) is 0 Å². The Morgan fingerprint density at radius 1 is 1.42 bits per heavy atom. The van der Waals surface area contributed by atoms with Gasteiger partial charge in [0.25, 0.3) is 0 Å². The topological polar surface area (TPSA) is 60.2 Å². The molecule has 0 atom stereocenters. The van der Waals surface area contributed by atoms with Gasteiger partial charge in [-0.2, -0.15) is 13.2 Å². The van der Waals surface area contributed by atoms with Gasteiger partial charge in [0.2, 0.25) is 5.88 Å². The second kappa shape index (κ2) is 5.91. The van der Waals surface area contributed by atoms with Crippen molar-refractivity contribution in [3.05, 3.63) is 18.1 Å². The maximum atomic E-state index is 13.5. The van der Waals surface area contributed by atoms with E-state index < -0.39 is 17.5 Å². The van der Waals surface area contributed by atoms with Crippen molar-refractivity contribution < 1.29 is 23.0 Å². The first-order valence-corrected chi connectivity index (χ1v) is 8.01. The highest BCUT2D eigenvalue weighted by Crippen LogP contribution is 2.44. The van der Waals surface area contributed by atoms with Crippen LogP contribution in [0.4, 0.5) is 13.2 Å². The van der Waals surface area contributed by atoms with Gasteiger partial charge in [0.05, 0.1) is 29.6 Å². The third-order valence-electron chi connectivity index (χ3n) is 4.29. The Kier molecular flexibility index (Phi) is 4.19. The number of aromatic nitrogens is 3. The van der Waals surface area contributed by atoms with Crippen molar-refractivity contribution >= 4 is 11.0 Å². The summed E-state index contributed by atoms with van der Waals surface area (Å²) in [7, 11) is 0. The molecule has 2 heterocycles. The summed E-state index contributed by atoms with van der Waals surface area (Å²) < 4.78 is 47.2. The van der Waals surface area contributed by atoms with E-state index in [1.807, 2.05) is 6.92 Å². The van der Waals surface area contributed by atoms with Crippen molar-refractivity contribution in [3.8, 4) is 5.88 Å². The number of aliphatic hydroxyl groups is 1. The van der Waals surface area contributed by atoms with Crippen LogP contribution in [0, 0.1) is 0 Å². The lowest BCUT2D eigenvalue weighted by molar-refractivity contribution is -0.140. The number of fused-ring (bicyclic) bond motifs is 1. The molecule has 0 amide bonds. The van der Waals surface area contributed by atoms with Crippen LogP contribution in [-0.4, -0.2) is 31.8 Å². The highest BCUT2D eigenvalue weighted by Gasteiger charge is 2.43. The zero-order valence-electron chi connectivity index (χ0n) is 13.6. The van der Waals surface area contributed by atoms with Crippen LogP contribution in [0.1, 0.15) is 51.3 Å². The molecule has 132 valence electrons. The van der Waals surface area contributed by atoms with Crippen molar-refractivity contribution in [2.45, 2.75) is 57.3 Å². The van der Waals surface area contributed by atoms with Gasteiger partial charge in [0.1, 0.15) is 0 Å². The van der Waals surface area contributed by atoms with E-state index in [1.54, 1.807) is 6.92 Å². The number of hydrogen-bond donors (Lipinski definition) is 1. The fourth-order valence-electron chi connectivity index (χ4n) is 3.06. The van der Waals surface area contributed by atoms with Gasteiger partial charge in [0.15, 0.2) is 5.69 Å². The van der Waals surface area contributed by atoms with E-state index in [9.17, 15) is 18.3 Å². The van der Waals surface area contributed by atoms with Gasteiger partial charge in [-0.15, -0.1) is 0 Å². The Balaban J connectivity index is 2.01. The number of imidazole rings is 1. The molecule has 1 aliphatic carbocycles. The smallest absolute Gasteiger partial charge is 0.435 e. The SMILES string of the molecule is CCCCOc1cc2ncn([C@H]3C[C@](C)(O)C3)c2c(C(F)(F)F)n1. The highest BCUT2D eigenvalue weighted by atomic mass is 19.4. The maximum absolute atomic E-state index is 13.5. The average Bonchev–Trinajstić information content (AvgIpc) is 2.86. The molecule has 8 heteroatoms. The molecule has 24 heavy (non-hydrogen) atoms. The molecule has 3 rings (SSSR count). The molecular weight excluding hydrogens is 323 g/mol. The third kappa shape index (κ3) is 3.19. The largest absolute Gasteiger partial charge is 0.478 e. The molecular formula is C16H20F3N3O2. The van der Waals surface area contributed by atoms with E-state index in [2.05, 4.69) is 9.97 Å². The third-order valence-corrected chi connectivity index (χ3v) is 4.29. The summed E-state index contributed by atoms with van der Waals surface area (Å²) in [5.41, 5.74) is -1.67. The number of alkyl halides is 3. The molecule has 0 unspecified atom stereocenters. The predicted molar refractivity (Wildman–Crippen MR) is 81.8 cm³/mol. The minimum atomic E-state index is -4.60. The fraction of sp³-hybridized carbons (Fsp3) is 0.625. The summed E-state index contributed by atoms with van der Waals surface area (Å²) >= 11 is 0. The number of halogens is 3. The van der Waals surface area contributed by atoms with Crippen molar-refractivity contribution in [2.75, 3.05) is 6.61 Å². The number of unbranched alkanes of at least 4 members (excludes halogenated alkanes) is 1. The molecule has 1 aliphatic rings. The predicted octanol–water partition coefficient (Wildman–Crippen LogP) is 3.71. The van der Waals surface area contributed by atoms with Gasteiger partial charge in [0, 0.05) is 12.1 Å². The number of hydrogen-bond acceptors (Lipinski definition) is 4. The summed E-state index contributed by atoms with van der Waals surface area (Å²) in [5.74, 6) is -0.0610. The van der Waals surface area contributed by atoms with Crippen molar-refractivity contribution in [2.24, 2.45) is 0 Å². The second-order valence-corrected chi connectivity index (χ2v) is 6.59. The van der Waals surface area contributed by atoms with Crippen LogP contribution in [0.3, 0.4) is 0 Å². The van der Waals surface area contributed by atoms with Gasteiger partial charge in [-0.05, 0) is 26.2 Å². The molecule has 1 fully saturated rings. The number of rotatable bonds is 5. The standard InChI is InChI=1S/C16H20F3N3O2/c1-3-4-5-24-12-6-11-13(14(21-12)16(17,18)19)22(9-20-11)10-7-15(2,23)8-10/h6,9-10,23H,3-5,7-8H2,1-2H3/t10-,15-. The van der Waals surface area contributed by atoms with Crippen molar-refractivity contribution in [1.82, 2.24) is 14.5 Å².